The molecular formula is C26H38N2O. The Morgan fingerprint density at radius 3 is 2.62 bits per heavy atom. The SMILES string of the molecule is CC[C@]12CC3CC(C(=O)NC4CCNCC4(C)C)(C1)C[C@@](c1ccccc1)(C3)C2. The normalized spacial score (nSPS) is 42.6. The molecule has 0 spiro atoms. The van der Waals surface area contributed by atoms with Gasteiger partial charge in [0.25, 0.3) is 0 Å². The first-order chi connectivity index (χ1) is 13.8. The van der Waals surface area contributed by atoms with Crippen molar-refractivity contribution in [1.29, 1.82) is 0 Å². The lowest BCUT2D eigenvalue weighted by atomic mass is 9.38. The highest BCUT2D eigenvalue weighted by atomic mass is 16.2. The molecule has 1 heterocycles. The molecule has 5 aliphatic rings. The lowest BCUT2D eigenvalue weighted by Crippen LogP contribution is -2.64. The quantitative estimate of drug-likeness (QED) is 0.769. The molecule has 3 unspecified atom stereocenters. The van der Waals surface area contributed by atoms with Crippen molar-refractivity contribution in [3.63, 3.8) is 0 Å². The summed E-state index contributed by atoms with van der Waals surface area (Å²) in [7, 11) is 0. The molecule has 5 fully saturated rings. The minimum atomic E-state index is -0.160. The summed E-state index contributed by atoms with van der Waals surface area (Å²) in [4.78, 5) is 14.0. The van der Waals surface area contributed by atoms with Gasteiger partial charge < -0.3 is 10.6 Å². The fraction of sp³-hybridized carbons (Fsp3) is 0.731. The average molecular weight is 395 g/mol. The van der Waals surface area contributed by atoms with E-state index in [2.05, 4.69) is 61.7 Å². The maximum atomic E-state index is 14.0. The fourth-order valence-electron chi connectivity index (χ4n) is 8.15. The van der Waals surface area contributed by atoms with Crippen LogP contribution in [0.4, 0.5) is 0 Å². The van der Waals surface area contributed by atoms with E-state index in [9.17, 15) is 4.79 Å². The Balaban J connectivity index is 1.48. The van der Waals surface area contributed by atoms with Gasteiger partial charge in [-0.3, -0.25) is 4.79 Å². The monoisotopic (exact) mass is 394 g/mol. The molecule has 6 rings (SSSR count). The zero-order valence-electron chi connectivity index (χ0n) is 18.5. The first kappa shape index (κ1) is 19.6. The fourth-order valence-corrected chi connectivity index (χ4v) is 8.15. The molecule has 2 N–H and O–H groups in total. The number of carbonyl (C=O) groups is 1. The van der Waals surface area contributed by atoms with Gasteiger partial charge in [0.15, 0.2) is 0 Å². The molecular weight excluding hydrogens is 356 g/mol. The zero-order chi connectivity index (χ0) is 20.3. The summed E-state index contributed by atoms with van der Waals surface area (Å²) in [6, 6.07) is 11.5. The van der Waals surface area contributed by atoms with Gasteiger partial charge in [-0.25, -0.2) is 0 Å². The highest BCUT2D eigenvalue weighted by molar-refractivity contribution is 5.84. The molecule has 1 aromatic rings. The minimum absolute atomic E-state index is 0.121. The smallest absolute Gasteiger partial charge is 0.226 e. The maximum absolute atomic E-state index is 14.0. The molecule has 1 aromatic carbocycles. The molecule has 29 heavy (non-hydrogen) atoms. The molecule has 4 saturated carbocycles. The van der Waals surface area contributed by atoms with Crippen molar-refractivity contribution in [2.24, 2.45) is 22.2 Å². The van der Waals surface area contributed by atoms with E-state index in [-0.39, 0.29) is 22.3 Å². The van der Waals surface area contributed by atoms with Crippen molar-refractivity contribution in [1.82, 2.24) is 10.6 Å². The molecule has 1 aliphatic heterocycles. The summed E-state index contributed by atoms with van der Waals surface area (Å²) in [5.74, 6) is 1.08. The second-order valence-corrected chi connectivity index (χ2v) is 11.8. The molecule has 4 aliphatic carbocycles. The summed E-state index contributed by atoms with van der Waals surface area (Å²) in [5, 5.41) is 7.10. The molecule has 1 saturated heterocycles. The van der Waals surface area contributed by atoms with Gasteiger partial charge in [0.2, 0.25) is 5.91 Å². The van der Waals surface area contributed by atoms with Crippen LogP contribution in [0.5, 0.6) is 0 Å². The highest BCUT2D eigenvalue weighted by Gasteiger charge is 2.65. The summed E-state index contributed by atoms with van der Waals surface area (Å²) in [6.07, 6.45) is 9.44. The Bertz CT molecular complexity index is 789. The second kappa shape index (κ2) is 6.57. The predicted octanol–water partition coefficient (Wildman–Crippen LogP) is 4.81. The molecule has 158 valence electrons. The number of hydrogen-bond donors (Lipinski definition) is 2. The van der Waals surface area contributed by atoms with Crippen LogP contribution in [-0.2, 0) is 10.2 Å². The summed E-state index contributed by atoms with van der Waals surface area (Å²) in [6.45, 7) is 8.95. The Morgan fingerprint density at radius 2 is 1.90 bits per heavy atom. The van der Waals surface area contributed by atoms with Gasteiger partial charge in [-0.05, 0) is 79.2 Å². The first-order valence-electron chi connectivity index (χ1n) is 11.9. The van der Waals surface area contributed by atoms with Crippen LogP contribution in [0.25, 0.3) is 0 Å². The molecule has 0 aromatic heterocycles. The predicted molar refractivity (Wildman–Crippen MR) is 118 cm³/mol. The van der Waals surface area contributed by atoms with E-state index in [1.807, 2.05) is 0 Å². The number of amides is 1. The van der Waals surface area contributed by atoms with E-state index in [1.54, 1.807) is 0 Å². The largest absolute Gasteiger partial charge is 0.352 e. The van der Waals surface area contributed by atoms with E-state index in [4.69, 9.17) is 0 Å². The van der Waals surface area contributed by atoms with E-state index < -0.39 is 0 Å². The van der Waals surface area contributed by atoms with E-state index in [0.29, 0.717) is 17.2 Å². The molecule has 1 amide bonds. The standard InChI is InChI=1S/C26H38N2O/c1-4-24-12-19-13-25(15-24,20-8-6-5-7-9-20)17-26(14-19,16-24)22(29)28-21-10-11-27-18-23(21,2)3/h5-9,19,21,27H,4,10-18H2,1-3H3,(H,28,29)/t19?,21?,24-,25-,26?/m1/s1. The zero-order valence-corrected chi connectivity index (χ0v) is 18.5. The molecule has 4 bridgehead atoms. The van der Waals surface area contributed by atoms with Crippen LogP contribution in [0.1, 0.15) is 77.7 Å². The topological polar surface area (TPSA) is 41.1 Å². The highest BCUT2D eigenvalue weighted by Crippen LogP contribution is 2.71. The number of rotatable bonds is 4. The Morgan fingerprint density at radius 1 is 1.10 bits per heavy atom. The number of piperidine rings is 1. The number of benzene rings is 1. The van der Waals surface area contributed by atoms with Crippen LogP contribution >= 0.6 is 0 Å². The lowest BCUT2D eigenvalue weighted by molar-refractivity contribution is -0.164. The molecule has 3 nitrogen and oxygen atoms in total. The van der Waals surface area contributed by atoms with Crippen LogP contribution in [0.3, 0.4) is 0 Å². The van der Waals surface area contributed by atoms with Crippen molar-refractivity contribution < 1.29 is 4.79 Å². The van der Waals surface area contributed by atoms with Crippen molar-refractivity contribution >= 4 is 5.91 Å². The lowest BCUT2D eigenvalue weighted by Gasteiger charge is -2.66. The van der Waals surface area contributed by atoms with Gasteiger partial charge in [-0.15, -0.1) is 0 Å². The molecule has 3 heteroatoms. The van der Waals surface area contributed by atoms with Gasteiger partial charge in [-0.2, -0.15) is 0 Å². The Hall–Kier alpha value is -1.35. The van der Waals surface area contributed by atoms with E-state index in [0.717, 1.165) is 38.8 Å². The molecule has 5 atom stereocenters. The average Bonchev–Trinajstić information content (AvgIpc) is 2.69. The van der Waals surface area contributed by atoms with Crippen LogP contribution in [0.15, 0.2) is 30.3 Å². The Kier molecular flexibility index (Phi) is 4.44. The van der Waals surface area contributed by atoms with E-state index >= 15 is 0 Å². The number of carbonyl (C=O) groups excluding carboxylic acids is 1. The van der Waals surface area contributed by atoms with Crippen molar-refractivity contribution in [2.45, 2.75) is 83.6 Å². The first-order valence-corrected chi connectivity index (χ1v) is 11.9. The molecule has 0 radical (unpaired) electrons. The van der Waals surface area contributed by atoms with Crippen LogP contribution < -0.4 is 10.6 Å². The van der Waals surface area contributed by atoms with Crippen molar-refractivity contribution in [2.75, 3.05) is 13.1 Å². The van der Waals surface area contributed by atoms with E-state index in [1.165, 1.54) is 31.2 Å². The van der Waals surface area contributed by atoms with Gasteiger partial charge in [-0.1, -0.05) is 57.5 Å². The minimum Gasteiger partial charge on any atom is -0.352 e. The van der Waals surface area contributed by atoms with Gasteiger partial charge in [0.1, 0.15) is 0 Å². The van der Waals surface area contributed by atoms with Crippen molar-refractivity contribution in [3.05, 3.63) is 35.9 Å². The second-order valence-electron chi connectivity index (χ2n) is 11.8. The third-order valence-corrected chi connectivity index (χ3v) is 9.24. The third-order valence-electron chi connectivity index (χ3n) is 9.24. The van der Waals surface area contributed by atoms with Crippen LogP contribution in [0, 0.1) is 22.2 Å². The van der Waals surface area contributed by atoms with Gasteiger partial charge >= 0.3 is 0 Å². The maximum Gasteiger partial charge on any atom is 0.226 e. The summed E-state index contributed by atoms with van der Waals surface area (Å²) < 4.78 is 0. The summed E-state index contributed by atoms with van der Waals surface area (Å²) in [5.41, 5.74) is 2.01. The van der Waals surface area contributed by atoms with Gasteiger partial charge in [0, 0.05) is 12.6 Å². The van der Waals surface area contributed by atoms with Crippen LogP contribution in [-0.4, -0.2) is 25.0 Å². The van der Waals surface area contributed by atoms with Gasteiger partial charge in [0.05, 0.1) is 5.41 Å². The summed E-state index contributed by atoms with van der Waals surface area (Å²) >= 11 is 0. The van der Waals surface area contributed by atoms with Crippen molar-refractivity contribution in [3.8, 4) is 0 Å². The number of hydrogen-bond acceptors (Lipinski definition) is 2. The Labute approximate surface area is 176 Å². The third kappa shape index (κ3) is 3.07. The number of nitrogens with one attached hydrogen (secondary N) is 2. The van der Waals surface area contributed by atoms with Crippen LogP contribution in [0.2, 0.25) is 0 Å².